The lowest BCUT2D eigenvalue weighted by Crippen LogP contribution is -2.34. The van der Waals surface area contributed by atoms with Crippen LogP contribution in [-0.4, -0.2) is 25.1 Å². The van der Waals surface area contributed by atoms with E-state index in [1.165, 1.54) is 7.11 Å². The van der Waals surface area contributed by atoms with Gasteiger partial charge in [0.25, 0.3) is 5.91 Å². The summed E-state index contributed by atoms with van der Waals surface area (Å²) in [5, 5.41) is 5.08. The van der Waals surface area contributed by atoms with Gasteiger partial charge in [-0.15, -0.1) is 0 Å². The highest BCUT2D eigenvalue weighted by molar-refractivity contribution is 7.94. The molecule has 1 atom stereocenters. The second-order valence-corrected chi connectivity index (χ2v) is 5.52. The van der Waals surface area contributed by atoms with Crippen molar-refractivity contribution >= 4 is 35.4 Å². The first-order chi connectivity index (χ1) is 10.1. The number of rotatable bonds is 5. The smallest absolute Gasteiger partial charge is 0.272 e. The van der Waals surface area contributed by atoms with Crippen molar-refractivity contribution in [3.63, 3.8) is 0 Å². The fourth-order valence-electron chi connectivity index (χ4n) is 1.83. The molecule has 0 spiro atoms. The number of carbonyl (C=O) groups excluding carboxylic acids is 1. The number of benzene rings is 1. The number of hydrogen-bond donors (Lipinski definition) is 2. The summed E-state index contributed by atoms with van der Waals surface area (Å²) >= 11 is 6.12. The number of nitrogens with one attached hydrogen (secondary N) is 2. The number of halogens is 2. The summed E-state index contributed by atoms with van der Waals surface area (Å²) in [6.07, 6.45) is 0. The van der Waals surface area contributed by atoms with Gasteiger partial charge in [-0.3, -0.25) is 4.79 Å². The van der Waals surface area contributed by atoms with Crippen LogP contribution < -0.4 is 15.4 Å². The molecule has 2 rings (SSSR count). The third-order valence-corrected chi connectivity index (χ3v) is 3.48. The minimum Gasteiger partial charge on any atom is -0.495 e. The van der Waals surface area contributed by atoms with Gasteiger partial charge in [0, 0.05) is 5.56 Å². The van der Waals surface area contributed by atoms with Crippen LogP contribution in [0.1, 0.15) is 12.5 Å². The molecule has 1 aliphatic heterocycles. The van der Waals surface area contributed by atoms with Crippen LogP contribution in [0.2, 0.25) is 5.02 Å². The molecule has 0 saturated heterocycles. The van der Waals surface area contributed by atoms with Crippen LogP contribution in [0, 0.1) is 0 Å². The van der Waals surface area contributed by atoms with E-state index in [1.807, 2.05) is 0 Å². The maximum atomic E-state index is 12.4. The molecule has 1 aromatic carbocycles. The largest absolute Gasteiger partial charge is 0.495 e. The van der Waals surface area contributed by atoms with Gasteiger partial charge in [0.1, 0.15) is 16.8 Å². The molecule has 5 nitrogen and oxygen atoms in total. The van der Waals surface area contributed by atoms with E-state index in [0.717, 1.165) is 0 Å². The van der Waals surface area contributed by atoms with Gasteiger partial charge >= 0.3 is 0 Å². The van der Waals surface area contributed by atoms with E-state index in [4.69, 9.17) is 21.1 Å². The van der Waals surface area contributed by atoms with Crippen molar-refractivity contribution < 1.29 is 18.2 Å². The lowest BCUT2D eigenvalue weighted by Gasteiger charge is -2.11. The first-order valence-electron chi connectivity index (χ1n) is 6.10. The molecule has 0 bridgehead atoms. The van der Waals surface area contributed by atoms with Gasteiger partial charge < -0.3 is 20.1 Å². The van der Waals surface area contributed by atoms with Crippen molar-refractivity contribution in [1.82, 2.24) is 10.6 Å². The summed E-state index contributed by atoms with van der Waals surface area (Å²) in [7, 11) is 1.52. The summed E-state index contributed by atoms with van der Waals surface area (Å²) in [5.74, 6) is 0.459. The number of ether oxygens (including phenoxy) is 2. The molecule has 8 heteroatoms. The van der Waals surface area contributed by atoms with E-state index in [1.54, 1.807) is 25.1 Å². The number of amides is 1. The summed E-state index contributed by atoms with van der Waals surface area (Å²) in [5.41, 5.74) is 0.883. The number of hydrogen-bond acceptors (Lipinski definition) is 5. The lowest BCUT2D eigenvalue weighted by molar-refractivity contribution is -0.117. The fraction of sp³-hybridized carbons (Fsp3) is 0.308. The van der Waals surface area contributed by atoms with Crippen molar-refractivity contribution in [2.24, 2.45) is 0 Å². The Morgan fingerprint density at radius 1 is 1.62 bits per heavy atom. The summed E-state index contributed by atoms with van der Waals surface area (Å²) < 4.78 is 22.9. The SMILES string of the molecule is COc1ccc(C2=C(C(=O)NC(C)SF)NCO2)cc1Cl. The van der Waals surface area contributed by atoms with E-state index < -0.39 is 11.3 Å². The molecular formula is C13H14ClFN2O3S. The molecule has 1 aromatic rings. The van der Waals surface area contributed by atoms with E-state index in [9.17, 15) is 8.68 Å². The topological polar surface area (TPSA) is 59.6 Å². The van der Waals surface area contributed by atoms with Crippen molar-refractivity contribution in [3.05, 3.63) is 34.5 Å². The van der Waals surface area contributed by atoms with Crippen molar-refractivity contribution in [3.8, 4) is 5.75 Å². The Hall–Kier alpha value is -1.60. The van der Waals surface area contributed by atoms with E-state index in [2.05, 4.69) is 10.6 Å². The van der Waals surface area contributed by atoms with Gasteiger partial charge in [0.15, 0.2) is 12.5 Å². The highest BCUT2D eigenvalue weighted by Crippen LogP contribution is 2.31. The molecule has 0 fully saturated rings. The standard InChI is InChI=1S/C13H14ClFN2O3S/c1-7(21-15)17-13(18)11-12(20-6-16-11)8-3-4-10(19-2)9(14)5-8/h3-5,7,16H,6H2,1-2H3,(H,17,18). The number of methoxy groups -OCH3 is 1. The molecule has 0 radical (unpaired) electrons. The van der Waals surface area contributed by atoms with Crippen molar-refractivity contribution in [2.45, 2.75) is 12.3 Å². The number of carbonyl (C=O) groups is 1. The normalized spacial score (nSPS) is 15.2. The highest BCUT2D eigenvalue weighted by Gasteiger charge is 2.25. The molecule has 1 aliphatic rings. The Balaban J connectivity index is 2.29. The Kier molecular flexibility index (Phi) is 5.19. The first kappa shape index (κ1) is 15.8. The minimum absolute atomic E-state index is 0.0555. The summed E-state index contributed by atoms with van der Waals surface area (Å²) in [6.45, 7) is 1.71. The Bertz CT molecular complexity index is 583. The Morgan fingerprint density at radius 3 is 3.00 bits per heavy atom. The zero-order valence-corrected chi connectivity index (χ0v) is 13.0. The zero-order valence-electron chi connectivity index (χ0n) is 11.4. The van der Waals surface area contributed by atoms with Crippen molar-refractivity contribution in [2.75, 3.05) is 13.8 Å². The first-order valence-corrected chi connectivity index (χ1v) is 7.25. The van der Waals surface area contributed by atoms with Crippen LogP contribution >= 0.6 is 23.7 Å². The Labute approximate surface area is 131 Å². The van der Waals surface area contributed by atoms with Crippen LogP contribution in [-0.2, 0) is 9.53 Å². The summed E-state index contributed by atoms with van der Waals surface area (Å²) in [6, 6.07) is 5.05. The predicted octanol–water partition coefficient (Wildman–Crippen LogP) is 2.67. The highest BCUT2D eigenvalue weighted by atomic mass is 35.5. The molecule has 0 aliphatic carbocycles. The third-order valence-electron chi connectivity index (χ3n) is 2.80. The molecular weight excluding hydrogens is 319 g/mol. The van der Waals surface area contributed by atoms with Gasteiger partial charge in [0.2, 0.25) is 0 Å². The third kappa shape index (κ3) is 3.54. The monoisotopic (exact) mass is 332 g/mol. The van der Waals surface area contributed by atoms with Gasteiger partial charge in [-0.05, 0) is 25.1 Å². The van der Waals surface area contributed by atoms with Gasteiger partial charge in [-0.1, -0.05) is 11.6 Å². The average Bonchev–Trinajstić information content (AvgIpc) is 2.96. The van der Waals surface area contributed by atoms with Gasteiger partial charge in [-0.2, -0.15) is 3.89 Å². The van der Waals surface area contributed by atoms with Crippen LogP contribution in [0.25, 0.3) is 5.76 Å². The maximum absolute atomic E-state index is 12.4. The van der Waals surface area contributed by atoms with Crippen LogP contribution in [0.15, 0.2) is 23.9 Å². The molecule has 0 saturated carbocycles. The molecule has 1 unspecified atom stereocenters. The predicted molar refractivity (Wildman–Crippen MR) is 80.3 cm³/mol. The minimum atomic E-state index is -0.645. The average molecular weight is 333 g/mol. The van der Waals surface area contributed by atoms with Crippen LogP contribution in [0.4, 0.5) is 3.89 Å². The molecule has 1 heterocycles. The zero-order chi connectivity index (χ0) is 15.4. The van der Waals surface area contributed by atoms with Gasteiger partial charge in [-0.25, -0.2) is 0 Å². The lowest BCUT2D eigenvalue weighted by atomic mass is 10.1. The molecule has 114 valence electrons. The Morgan fingerprint density at radius 2 is 2.38 bits per heavy atom. The fourth-order valence-corrected chi connectivity index (χ4v) is 2.24. The van der Waals surface area contributed by atoms with E-state index in [0.29, 0.717) is 22.1 Å². The van der Waals surface area contributed by atoms with E-state index in [-0.39, 0.29) is 24.6 Å². The summed E-state index contributed by atoms with van der Waals surface area (Å²) in [4.78, 5) is 12.1. The van der Waals surface area contributed by atoms with Crippen LogP contribution in [0.5, 0.6) is 5.75 Å². The van der Waals surface area contributed by atoms with E-state index >= 15 is 0 Å². The molecule has 0 aromatic heterocycles. The molecule has 21 heavy (non-hydrogen) atoms. The second kappa shape index (κ2) is 6.91. The molecule has 1 amide bonds. The van der Waals surface area contributed by atoms with Gasteiger partial charge in [0.05, 0.1) is 24.3 Å². The second-order valence-electron chi connectivity index (χ2n) is 4.22. The van der Waals surface area contributed by atoms with Crippen LogP contribution in [0.3, 0.4) is 0 Å². The quantitative estimate of drug-likeness (QED) is 0.812. The maximum Gasteiger partial charge on any atom is 0.272 e. The van der Waals surface area contributed by atoms with Crippen molar-refractivity contribution in [1.29, 1.82) is 0 Å². The molecule has 2 N–H and O–H groups in total.